The Kier molecular flexibility index (Phi) is 7.61. The monoisotopic (exact) mass is 453 g/mol. The summed E-state index contributed by atoms with van der Waals surface area (Å²) >= 11 is 0. The number of nitrogens with one attached hydrogen (secondary N) is 2. The van der Waals surface area contributed by atoms with Gasteiger partial charge in [0.25, 0.3) is 0 Å². The first-order valence-electron chi connectivity index (χ1n) is 10.3. The minimum atomic E-state index is -3.65. The first kappa shape index (κ1) is 23.4. The standard InChI is InChI=1S/C24H27N3O4S/c1-17-11-12-21(13-14-22-24(26-19(3)28)18(2)27-31-22)16-23(17)32(29,30)25-15-7-10-20-8-5-4-6-9-20/h4-6,8-9,11-14,16,25H,7,10,15H2,1-3H3,(H,26,28). The van der Waals surface area contributed by atoms with Gasteiger partial charge < -0.3 is 9.84 Å². The Morgan fingerprint density at radius 1 is 1.09 bits per heavy atom. The van der Waals surface area contributed by atoms with Gasteiger partial charge in [-0.15, -0.1) is 0 Å². The van der Waals surface area contributed by atoms with Crippen molar-refractivity contribution in [3.05, 3.63) is 76.7 Å². The third kappa shape index (κ3) is 6.15. The Bertz CT molecular complexity index is 1220. The van der Waals surface area contributed by atoms with Crippen LogP contribution in [0, 0.1) is 13.8 Å². The molecule has 32 heavy (non-hydrogen) atoms. The highest BCUT2D eigenvalue weighted by molar-refractivity contribution is 7.89. The average molecular weight is 454 g/mol. The van der Waals surface area contributed by atoms with E-state index in [4.69, 9.17) is 4.52 Å². The summed E-state index contributed by atoms with van der Waals surface area (Å²) < 4.78 is 33.7. The van der Waals surface area contributed by atoms with Crippen molar-refractivity contribution in [2.75, 3.05) is 11.9 Å². The van der Waals surface area contributed by atoms with E-state index in [2.05, 4.69) is 15.2 Å². The molecule has 0 saturated heterocycles. The van der Waals surface area contributed by atoms with Crippen molar-refractivity contribution < 1.29 is 17.7 Å². The van der Waals surface area contributed by atoms with E-state index in [1.54, 1.807) is 38.1 Å². The van der Waals surface area contributed by atoms with Gasteiger partial charge in [0.2, 0.25) is 15.9 Å². The number of hydrogen-bond donors (Lipinski definition) is 2. The first-order chi connectivity index (χ1) is 15.3. The molecule has 0 atom stereocenters. The van der Waals surface area contributed by atoms with Gasteiger partial charge in [0.15, 0.2) is 5.76 Å². The summed E-state index contributed by atoms with van der Waals surface area (Å²) in [4.78, 5) is 11.6. The lowest BCUT2D eigenvalue weighted by molar-refractivity contribution is -0.114. The highest BCUT2D eigenvalue weighted by atomic mass is 32.2. The molecular weight excluding hydrogens is 426 g/mol. The van der Waals surface area contributed by atoms with Crippen LogP contribution < -0.4 is 10.0 Å². The second-order valence-electron chi connectivity index (χ2n) is 7.53. The van der Waals surface area contributed by atoms with Gasteiger partial charge in [-0.1, -0.05) is 53.7 Å². The van der Waals surface area contributed by atoms with Crippen molar-refractivity contribution in [2.45, 2.75) is 38.5 Å². The molecule has 2 aromatic carbocycles. The number of carbonyl (C=O) groups is 1. The van der Waals surface area contributed by atoms with Crippen LogP contribution in [0.2, 0.25) is 0 Å². The van der Waals surface area contributed by atoms with Crippen LogP contribution in [0.5, 0.6) is 0 Å². The summed E-state index contributed by atoms with van der Waals surface area (Å²) in [5.74, 6) is 0.162. The van der Waals surface area contributed by atoms with Crippen LogP contribution in [0.15, 0.2) is 57.9 Å². The lowest BCUT2D eigenvalue weighted by Crippen LogP contribution is -2.25. The Balaban J connectivity index is 1.71. The van der Waals surface area contributed by atoms with E-state index in [1.165, 1.54) is 12.5 Å². The van der Waals surface area contributed by atoms with Crippen LogP contribution in [0.25, 0.3) is 12.2 Å². The van der Waals surface area contributed by atoms with Crippen LogP contribution in [0.4, 0.5) is 5.69 Å². The van der Waals surface area contributed by atoms with Crippen LogP contribution in [-0.4, -0.2) is 26.0 Å². The number of carbonyl (C=O) groups excluding carboxylic acids is 1. The van der Waals surface area contributed by atoms with E-state index in [1.807, 2.05) is 36.4 Å². The molecule has 3 aromatic rings. The minimum absolute atomic E-state index is 0.229. The SMILES string of the molecule is CC(=O)Nc1c(C)noc1C=Cc1ccc(C)c(S(=O)(=O)NCCCc2ccccc2)c1. The maximum atomic E-state index is 12.9. The zero-order valence-electron chi connectivity index (χ0n) is 18.4. The summed E-state index contributed by atoms with van der Waals surface area (Å²) in [5, 5.41) is 6.56. The molecule has 1 aromatic heterocycles. The minimum Gasteiger partial charge on any atom is -0.354 e. The van der Waals surface area contributed by atoms with Crippen molar-refractivity contribution in [2.24, 2.45) is 0 Å². The van der Waals surface area contributed by atoms with Crippen molar-refractivity contribution >= 4 is 33.8 Å². The van der Waals surface area contributed by atoms with Crippen molar-refractivity contribution in [3.8, 4) is 0 Å². The summed E-state index contributed by atoms with van der Waals surface area (Å²) in [6.07, 6.45) is 4.88. The number of anilines is 1. The topological polar surface area (TPSA) is 101 Å². The smallest absolute Gasteiger partial charge is 0.240 e. The van der Waals surface area contributed by atoms with Gasteiger partial charge in [0, 0.05) is 13.5 Å². The van der Waals surface area contributed by atoms with E-state index >= 15 is 0 Å². The predicted octanol–water partition coefficient (Wildman–Crippen LogP) is 4.33. The number of aryl methyl sites for hydroxylation is 3. The average Bonchev–Trinajstić information content (AvgIpc) is 3.10. The molecule has 0 radical (unpaired) electrons. The predicted molar refractivity (Wildman–Crippen MR) is 126 cm³/mol. The Morgan fingerprint density at radius 3 is 2.56 bits per heavy atom. The van der Waals surface area contributed by atoms with Gasteiger partial charge in [-0.3, -0.25) is 4.79 Å². The number of amides is 1. The van der Waals surface area contributed by atoms with Crippen molar-refractivity contribution in [3.63, 3.8) is 0 Å². The first-order valence-corrected chi connectivity index (χ1v) is 11.8. The highest BCUT2D eigenvalue weighted by Crippen LogP contribution is 2.24. The number of aromatic nitrogens is 1. The van der Waals surface area contributed by atoms with Crippen molar-refractivity contribution in [1.29, 1.82) is 0 Å². The summed E-state index contributed by atoms with van der Waals surface area (Å²) in [6.45, 7) is 5.25. The van der Waals surface area contributed by atoms with Gasteiger partial charge >= 0.3 is 0 Å². The Labute approximate surface area is 188 Å². The van der Waals surface area contributed by atoms with E-state index in [0.717, 1.165) is 6.42 Å². The molecule has 0 saturated carbocycles. The van der Waals surface area contributed by atoms with Gasteiger partial charge in [-0.05, 0) is 55.5 Å². The molecule has 0 spiro atoms. The third-order valence-electron chi connectivity index (χ3n) is 4.90. The second-order valence-corrected chi connectivity index (χ2v) is 9.27. The molecule has 0 aliphatic carbocycles. The molecule has 0 aliphatic rings. The summed E-state index contributed by atoms with van der Waals surface area (Å²) in [6, 6.07) is 15.2. The third-order valence-corrected chi connectivity index (χ3v) is 6.50. The molecular formula is C24H27N3O4S. The molecule has 1 heterocycles. The van der Waals surface area contributed by atoms with E-state index in [9.17, 15) is 13.2 Å². The maximum Gasteiger partial charge on any atom is 0.240 e. The highest BCUT2D eigenvalue weighted by Gasteiger charge is 2.17. The quantitative estimate of drug-likeness (QED) is 0.470. The Hall–Kier alpha value is -3.23. The lowest BCUT2D eigenvalue weighted by Gasteiger charge is -2.10. The maximum absolute atomic E-state index is 12.9. The largest absolute Gasteiger partial charge is 0.354 e. The fourth-order valence-corrected chi connectivity index (χ4v) is 4.58. The molecule has 0 unspecified atom stereocenters. The fourth-order valence-electron chi connectivity index (χ4n) is 3.23. The Morgan fingerprint density at radius 2 is 1.84 bits per heavy atom. The molecule has 168 valence electrons. The zero-order valence-corrected chi connectivity index (χ0v) is 19.2. The lowest BCUT2D eigenvalue weighted by atomic mass is 10.1. The number of hydrogen-bond acceptors (Lipinski definition) is 5. The molecule has 7 nitrogen and oxygen atoms in total. The zero-order chi connectivity index (χ0) is 23.1. The summed E-state index contributed by atoms with van der Waals surface area (Å²) in [7, 11) is -3.65. The molecule has 0 aliphatic heterocycles. The van der Waals surface area contributed by atoms with Crippen LogP contribution in [-0.2, 0) is 21.2 Å². The van der Waals surface area contributed by atoms with Gasteiger partial charge in [0.1, 0.15) is 11.4 Å². The number of sulfonamides is 1. The number of benzene rings is 2. The van der Waals surface area contributed by atoms with Crippen molar-refractivity contribution in [1.82, 2.24) is 9.88 Å². The number of rotatable bonds is 9. The molecule has 0 bridgehead atoms. The van der Waals surface area contributed by atoms with Crippen LogP contribution in [0.1, 0.15) is 41.5 Å². The molecule has 3 rings (SSSR count). The van der Waals surface area contributed by atoms with E-state index in [-0.39, 0.29) is 10.8 Å². The summed E-state index contributed by atoms with van der Waals surface area (Å²) in [5.41, 5.74) is 3.58. The molecule has 2 N–H and O–H groups in total. The second kappa shape index (κ2) is 10.4. The van der Waals surface area contributed by atoms with E-state index < -0.39 is 10.0 Å². The molecule has 1 amide bonds. The normalized spacial score (nSPS) is 11.7. The van der Waals surface area contributed by atoms with E-state index in [0.29, 0.717) is 41.2 Å². The molecule has 0 fully saturated rings. The van der Waals surface area contributed by atoms with Crippen LogP contribution in [0.3, 0.4) is 0 Å². The van der Waals surface area contributed by atoms with Gasteiger partial charge in [-0.25, -0.2) is 13.1 Å². The molecule has 8 heteroatoms. The van der Waals surface area contributed by atoms with Gasteiger partial charge in [0.05, 0.1) is 4.90 Å². The fraction of sp³-hybridized carbons (Fsp3) is 0.250. The van der Waals surface area contributed by atoms with Gasteiger partial charge in [-0.2, -0.15) is 0 Å². The van der Waals surface area contributed by atoms with Crippen LogP contribution >= 0.6 is 0 Å². The number of nitrogens with zero attached hydrogens (tertiary/aromatic N) is 1.